The second-order valence-electron chi connectivity index (χ2n) is 7.08. The van der Waals surface area contributed by atoms with Crippen LogP contribution in [0.2, 0.25) is 0 Å². The molecule has 1 amide bonds. The Labute approximate surface area is 167 Å². The standard InChI is InChI=1S/C22H20N4OS/c27-22(26-9-5-2-6-10-26)21-25-19(14-28-21)18-13-24-20-17(18)11-16(12-23-20)15-7-3-1-4-8-15/h1,3-4,7-8,11-14H,2,5-6,9-10H2,(H,23,24). The van der Waals surface area contributed by atoms with Crippen LogP contribution < -0.4 is 0 Å². The molecule has 1 saturated heterocycles. The van der Waals surface area contributed by atoms with Crippen molar-refractivity contribution in [3.05, 3.63) is 59.2 Å². The van der Waals surface area contributed by atoms with Gasteiger partial charge in [-0.15, -0.1) is 11.3 Å². The molecule has 1 aliphatic heterocycles. The molecule has 1 N–H and O–H groups in total. The summed E-state index contributed by atoms with van der Waals surface area (Å²) in [5.74, 6) is 0.0545. The van der Waals surface area contributed by atoms with Gasteiger partial charge in [-0.1, -0.05) is 30.3 Å². The molecule has 0 bridgehead atoms. The summed E-state index contributed by atoms with van der Waals surface area (Å²) in [6, 6.07) is 12.3. The van der Waals surface area contributed by atoms with E-state index in [-0.39, 0.29) is 5.91 Å². The van der Waals surface area contributed by atoms with Gasteiger partial charge in [0.1, 0.15) is 5.65 Å². The smallest absolute Gasteiger partial charge is 0.282 e. The maximum Gasteiger partial charge on any atom is 0.282 e. The Kier molecular flexibility index (Phi) is 4.41. The number of benzene rings is 1. The second-order valence-corrected chi connectivity index (χ2v) is 7.94. The zero-order valence-corrected chi connectivity index (χ0v) is 16.2. The van der Waals surface area contributed by atoms with Crippen molar-refractivity contribution in [2.45, 2.75) is 19.3 Å². The number of aromatic nitrogens is 3. The average molecular weight is 388 g/mol. The summed E-state index contributed by atoms with van der Waals surface area (Å²) in [5.41, 5.74) is 4.82. The van der Waals surface area contributed by atoms with Crippen LogP contribution in [0.3, 0.4) is 0 Å². The van der Waals surface area contributed by atoms with Gasteiger partial charge in [0, 0.05) is 47.4 Å². The molecular weight excluding hydrogens is 368 g/mol. The molecule has 0 unspecified atom stereocenters. The number of carbonyl (C=O) groups excluding carboxylic acids is 1. The molecule has 0 atom stereocenters. The molecule has 0 radical (unpaired) electrons. The number of hydrogen-bond donors (Lipinski definition) is 1. The Morgan fingerprint density at radius 1 is 1.07 bits per heavy atom. The Morgan fingerprint density at radius 3 is 2.71 bits per heavy atom. The Morgan fingerprint density at radius 2 is 1.89 bits per heavy atom. The predicted molar refractivity (Wildman–Crippen MR) is 112 cm³/mol. The molecule has 1 aromatic carbocycles. The summed E-state index contributed by atoms with van der Waals surface area (Å²) >= 11 is 1.42. The van der Waals surface area contributed by atoms with Crippen molar-refractivity contribution in [3.63, 3.8) is 0 Å². The molecule has 140 valence electrons. The number of likely N-dealkylation sites (tertiary alicyclic amines) is 1. The van der Waals surface area contributed by atoms with Crippen LogP contribution in [-0.2, 0) is 0 Å². The lowest BCUT2D eigenvalue weighted by Gasteiger charge is -2.25. The van der Waals surface area contributed by atoms with Gasteiger partial charge in [0.25, 0.3) is 5.91 Å². The number of thiazole rings is 1. The number of aromatic amines is 1. The van der Waals surface area contributed by atoms with Crippen molar-refractivity contribution in [3.8, 4) is 22.4 Å². The largest absolute Gasteiger partial charge is 0.345 e. The van der Waals surface area contributed by atoms with E-state index < -0.39 is 0 Å². The normalized spacial score (nSPS) is 14.5. The van der Waals surface area contributed by atoms with Gasteiger partial charge in [-0.25, -0.2) is 9.97 Å². The quantitative estimate of drug-likeness (QED) is 0.538. The maximum absolute atomic E-state index is 12.7. The Hall–Kier alpha value is -2.99. The lowest BCUT2D eigenvalue weighted by molar-refractivity contribution is 0.0724. The molecule has 4 heterocycles. The van der Waals surface area contributed by atoms with E-state index in [0.29, 0.717) is 5.01 Å². The molecule has 3 aromatic heterocycles. The van der Waals surface area contributed by atoms with Crippen LogP contribution in [-0.4, -0.2) is 38.8 Å². The van der Waals surface area contributed by atoms with Gasteiger partial charge >= 0.3 is 0 Å². The summed E-state index contributed by atoms with van der Waals surface area (Å²) in [5, 5.41) is 3.55. The first-order valence-corrected chi connectivity index (χ1v) is 10.5. The monoisotopic (exact) mass is 388 g/mol. The molecule has 0 saturated carbocycles. The van der Waals surface area contributed by atoms with Gasteiger partial charge in [-0.05, 0) is 30.9 Å². The minimum atomic E-state index is 0.0545. The van der Waals surface area contributed by atoms with E-state index in [1.54, 1.807) is 0 Å². The van der Waals surface area contributed by atoms with E-state index >= 15 is 0 Å². The summed E-state index contributed by atoms with van der Waals surface area (Å²) in [6.07, 6.45) is 7.18. The van der Waals surface area contributed by atoms with Crippen LogP contribution in [0.5, 0.6) is 0 Å². The topological polar surface area (TPSA) is 61.9 Å². The molecule has 5 rings (SSSR count). The maximum atomic E-state index is 12.7. The number of nitrogens with zero attached hydrogens (tertiary/aromatic N) is 3. The molecule has 5 nitrogen and oxygen atoms in total. The van der Waals surface area contributed by atoms with Crippen molar-refractivity contribution < 1.29 is 4.79 Å². The third-order valence-electron chi connectivity index (χ3n) is 5.24. The third-order valence-corrected chi connectivity index (χ3v) is 6.07. The number of piperidine rings is 1. The first-order chi connectivity index (χ1) is 13.8. The molecular formula is C22H20N4OS. The van der Waals surface area contributed by atoms with Crippen molar-refractivity contribution in [2.75, 3.05) is 13.1 Å². The van der Waals surface area contributed by atoms with E-state index in [2.05, 4.69) is 33.2 Å². The lowest BCUT2D eigenvalue weighted by atomic mass is 10.1. The minimum absolute atomic E-state index is 0.0545. The number of carbonyl (C=O) groups is 1. The average Bonchev–Trinajstić information content (AvgIpc) is 3.41. The number of hydrogen-bond acceptors (Lipinski definition) is 4. The highest BCUT2D eigenvalue weighted by Crippen LogP contribution is 2.32. The zero-order valence-electron chi connectivity index (χ0n) is 15.4. The van der Waals surface area contributed by atoms with Crippen molar-refractivity contribution >= 4 is 28.3 Å². The first kappa shape index (κ1) is 17.1. The summed E-state index contributed by atoms with van der Waals surface area (Å²) < 4.78 is 0. The molecule has 4 aromatic rings. The molecule has 1 fully saturated rings. The van der Waals surface area contributed by atoms with E-state index in [1.165, 1.54) is 17.8 Å². The Balaban J connectivity index is 1.49. The molecule has 1 aliphatic rings. The van der Waals surface area contributed by atoms with E-state index in [0.717, 1.165) is 59.3 Å². The van der Waals surface area contributed by atoms with Gasteiger partial charge in [-0.3, -0.25) is 4.79 Å². The van der Waals surface area contributed by atoms with Gasteiger partial charge in [0.05, 0.1) is 5.69 Å². The minimum Gasteiger partial charge on any atom is -0.345 e. The van der Waals surface area contributed by atoms with E-state index in [4.69, 9.17) is 0 Å². The SMILES string of the molecule is O=C(c1nc(-c2c[nH]c3ncc(-c4ccccc4)cc23)cs1)N1CCCCC1. The number of H-pyrrole nitrogens is 1. The number of fused-ring (bicyclic) bond motifs is 1. The highest BCUT2D eigenvalue weighted by Gasteiger charge is 2.22. The van der Waals surface area contributed by atoms with Gasteiger partial charge in [0.15, 0.2) is 5.01 Å². The van der Waals surface area contributed by atoms with Crippen LogP contribution in [0.15, 0.2) is 54.2 Å². The Bertz CT molecular complexity index is 1130. The van der Waals surface area contributed by atoms with Crippen molar-refractivity contribution in [1.82, 2.24) is 19.9 Å². The lowest BCUT2D eigenvalue weighted by Crippen LogP contribution is -2.35. The van der Waals surface area contributed by atoms with Crippen LogP contribution in [0, 0.1) is 0 Å². The molecule has 0 aliphatic carbocycles. The fourth-order valence-electron chi connectivity index (χ4n) is 3.73. The van der Waals surface area contributed by atoms with E-state index in [9.17, 15) is 4.79 Å². The highest BCUT2D eigenvalue weighted by molar-refractivity contribution is 7.12. The molecule has 0 spiro atoms. The number of rotatable bonds is 3. The highest BCUT2D eigenvalue weighted by atomic mass is 32.1. The number of pyridine rings is 1. The molecule has 28 heavy (non-hydrogen) atoms. The number of amides is 1. The number of nitrogens with one attached hydrogen (secondary N) is 1. The van der Waals surface area contributed by atoms with Crippen LogP contribution in [0.1, 0.15) is 29.1 Å². The second kappa shape index (κ2) is 7.20. The first-order valence-electron chi connectivity index (χ1n) is 9.57. The zero-order chi connectivity index (χ0) is 18.9. The van der Waals surface area contributed by atoms with Gasteiger partial charge < -0.3 is 9.88 Å². The summed E-state index contributed by atoms with van der Waals surface area (Å²) in [4.78, 5) is 27.1. The fourth-order valence-corrected chi connectivity index (χ4v) is 4.52. The summed E-state index contributed by atoms with van der Waals surface area (Å²) in [6.45, 7) is 1.68. The fraction of sp³-hybridized carbons (Fsp3) is 0.227. The van der Waals surface area contributed by atoms with Crippen LogP contribution in [0.25, 0.3) is 33.4 Å². The van der Waals surface area contributed by atoms with Gasteiger partial charge in [0.2, 0.25) is 0 Å². The van der Waals surface area contributed by atoms with Crippen LogP contribution in [0.4, 0.5) is 0 Å². The van der Waals surface area contributed by atoms with E-state index in [1.807, 2.05) is 40.9 Å². The molecule has 6 heteroatoms. The van der Waals surface area contributed by atoms with Crippen molar-refractivity contribution in [2.24, 2.45) is 0 Å². The van der Waals surface area contributed by atoms with Crippen molar-refractivity contribution in [1.29, 1.82) is 0 Å². The van der Waals surface area contributed by atoms with Crippen LogP contribution >= 0.6 is 11.3 Å². The van der Waals surface area contributed by atoms with Gasteiger partial charge in [-0.2, -0.15) is 0 Å². The predicted octanol–water partition coefficient (Wildman–Crippen LogP) is 4.98. The summed E-state index contributed by atoms with van der Waals surface area (Å²) in [7, 11) is 0. The third kappa shape index (κ3) is 3.10.